The summed E-state index contributed by atoms with van der Waals surface area (Å²) in [5.74, 6) is 0. The molecule has 0 heterocycles. The molecule has 0 saturated heterocycles. The first-order chi connectivity index (χ1) is 4.83. The molecule has 0 bridgehead atoms. The Morgan fingerprint density at radius 3 is 0.700 bits per heavy atom. The molecule has 0 atom stereocenters. The molecule has 0 aliphatic rings. The van der Waals surface area contributed by atoms with Gasteiger partial charge in [-0.25, -0.2) is 0 Å². The van der Waals surface area contributed by atoms with E-state index in [0.29, 0.717) is 0 Å². The zero-order chi connectivity index (χ0) is 8.83. The summed E-state index contributed by atoms with van der Waals surface area (Å²) in [6, 6.07) is 0. The normalized spacial score (nSPS) is 4.60. The van der Waals surface area contributed by atoms with Gasteiger partial charge in [0.25, 0.3) is 0 Å². The van der Waals surface area contributed by atoms with Gasteiger partial charge >= 0.3 is 0 Å². The Balaban J connectivity index is -0.0000000787. The van der Waals surface area contributed by atoms with Crippen molar-refractivity contribution in [1.29, 1.82) is 0 Å². The highest BCUT2D eigenvalue weighted by atomic mass is 13.4. The number of hydrogen-bond donors (Lipinski definition) is 0. The average molecular weight is 138 g/mol. The highest BCUT2D eigenvalue weighted by Gasteiger charge is 1.29. The summed E-state index contributed by atoms with van der Waals surface area (Å²) in [5, 5.41) is 0. The van der Waals surface area contributed by atoms with Crippen LogP contribution in [0.5, 0.6) is 0 Å². The smallest absolute Gasteiger partial charge is 0.0683 e. The fraction of sp³-hybridized carbons (Fsp3) is 0.200. The van der Waals surface area contributed by atoms with Gasteiger partial charge in [0.05, 0.1) is 0 Å². The lowest BCUT2D eigenvalue weighted by Gasteiger charge is -1.44. The maximum absolute atomic E-state index is 3.36. The van der Waals surface area contributed by atoms with E-state index >= 15 is 0 Å². The maximum Gasteiger partial charge on any atom is -0.0683 e. The van der Waals surface area contributed by atoms with Crippen molar-refractivity contribution in [3.63, 3.8) is 0 Å². The summed E-state index contributed by atoms with van der Waals surface area (Å²) in [4.78, 5) is 0. The molecule has 0 N–H and O–H groups in total. The van der Waals surface area contributed by atoms with Crippen LogP contribution in [0, 0.1) is 0 Å². The van der Waals surface area contributed by atoms with Crippen LogP contribution in [0.2, 0.25) is 0 Å². The molecule has 0 heteroatoms. The second-order valence-corrected chi connectivity index (χ2v) is 0.943. The molecule has 0 fully saturated rings. The number of allylic oxidation sites excluding steroid dienone is 4. The zero-order valence-electron chi connectivity index (χ0n) is 7.14. The summed E-state index contributed by atoms with van der Waals surface area (Å²) in [5.41, 5.74) is 0. The Bertz CT molecular complexity index is 54.0. The monoisotopic (exact) mass is 138 g/mol. The van der Waals surface area contributed by atoms with Gasteiger partial charge in [-0.3, -0.25) is 0 Å². The molecule has 0 aromatic rings. The predicted octanol–water partition coefficient (Wildman–Crippen LogP) is 3.74. The van der Waals surface area contributed by atoms with Crippen LogP contribution < -0.4 is 0 Å². The molecule has 0 unspecified atom stereocenters. The van der Waals surface area contributed by atoms with Gasteiger partial charge < -0.3 is 0 Å². The summed E-state index contributed by atoms with van der Waals surface area (Å²) in [6.45, 7) is 17.4. The fourth-order valence-electron chi connectivity index (χ4n) is 0. The first-order valence-electron chi connectivity index (χ1n) is 3.30. The van der Waals surface area contributed by atoms with Crippen molar-refractivity contribution in [2.75, 3.05) is 0 Å². The van der Waals surface area contributed by atoms with Gasteiger partial charge in [-0.1, -0.05) is 64.5 Å². The average Bonchev–Trinajstić information content (AvgIpc) is 2.08. The van der Waals surface area contributed by atoms with Crippen LogP contribution in [0.25, 0.3) is 0 Å². The van der Waals surface area contributed by atoms with Gasteiger partial charge in [0, 0.05) is 0 Å². The van der Waals surface area contributed by atoms with Gasteiger partial charge in [0.15, 0.2) is 0 Å². The van der Waals surface area contributed by atoms with E-state index in [1.165, 1.54) is 0 Å². The molecular weight excluding hydrogens is 120 g/mol. The van der Waals surface area contributed by atoms with Crippen molar-refractivity contribution < 1.29 is 0 Å². The SMILES string of the molecule is C=CC=C.C=CC=C.CC. The Morgan fingerprint density at radius 1 is 0.600 bits per heavy atom. The summed E-state index contributed by atoms with van der Waals surface area (Å²) >= 11 is 0. The van der Waals surface area contributed by atoms with E-state index in [9.17, 15) is 0 Å². The topological polar surface area (TPSA) is 0 Å². The molecule has 58 valence electrons. The minimum Gasteiger partial charge on any atom is -0.0991 e. The van der Waals surface area contributed by atoms with E-state index in [0.717, 1.165) is 0 Å². The Morgan fingerprint density at radius 2 is 0.700 bits per heavy atom. The fourth-order valence-corrected chi connectivity index (χ4v) is 0. The maximum atomic E-state index is 3.36. The van der Waals surface area contributed by atoms with Crippen LogP contribution >= 0.6 is 0 Å². The van der Waals surface area contributed by atoms with Crippen molar-refractivity contribution in [3.8, 4) is 0 Å². The van der Waals surface area contributed by atoms with Gasteiger partial charge in [0.2, 0.25) is 0 Å². The number of hydrogen-bond acceptors (Lipinski definition) is 0. The van der Waals surface area contributed by atoms with Crippen molar-refractivity contribution in [2.45, 2.75) is 13.8 Å². The summed E-state index contributed by atoms with van der Waals surface area (Å²) < 4.78 is 0. The van der Waals surface area contributed by atoms with E-state index in [-0.39, 0.29) is 0 Å². The van der Waals surface area contributed by atoms with Gasteiger partial charge in [-0.15, -0.1) is 0 Å². The van der Waals surface area contributed by atoms with E-state index in [4.69, 9.17) is 0 Å². The third kappa shape index (κ3) is 268. The van der Waals surface area contributed by atoms with Crippen molar-refractivity contribution in [2.24, 2.45) is 0 Å². The largest absolute Gasteiger partial charge is 0.0991 e. The molecule has 0 saturated carbocycles. The lowest BCUT2D eigenvalue weighted by atomic mass is 10.6. The molecule has 0 aromatic carbocycles. The minimum atomic E-state index is 1.64. The quantitative estimate of drug-likeness (QED) is 0.510. The molecule has 0 aromatic heterocycles. The second kappa shape index (κ2) is 44.0. The van der Waals surface area contributed by atoms with E-state index in [1.54, 1.807) is 24.3 Å². The molecule has 0 aliphatic carbocycles. The molecule has 0 nitrogen and oxygen atoms in total. The van der Waals surface area contributed by atoms with Crippen molar-refractivity contribution in [1.82, 2.24) is 0 Å². The van der Waals surface area contributed by atoms with E-state index in [1.807, 2.05) is 13.8 Å². The first kappa shape index (κ1) is 16.0. The summed E-state index contributed by atoms with van der Waals surface area (Å²) in [7, 11) is 0. The molecule has 0 spiro atoms. The van der Waals surface area contributed by atoms with Crippen LogP contribution in [0.4, 0.5) is 0 Å². The molecule has 0 rings (SSSR count). The van der Waals surface area contributed by atoms with Crippen LogP contribution in [-0.2, 0) is 0 Å². The van der Waals surface area contributed by atoms with E-state index < -0.39 is 0 Å². The standard InChI is InChI=1S/2C4H6.C2H6/c2*1-3-4-2;1-2/h2*3-4H,1-2H2;1-2H3. The van der Waals surface area contributed by atoms with Crippen molar-refractivity contribution >= 4 is 0 Å². The van der Waals surface area contributed by atoms with Crippen LogP contribution in [0.15, 0.2) is 50.6 Å². The highest BCUT2D eigenvalue weighted by Crippen LogP contribution is 1.53. The Kier molecular flexibility index (Phi) is 70.3. The molecular formula is C10H18. The molecule has 0 radical (unpaired) electrons. The van der Waals surface area contributed by atoms with Gasteiger partial charge in [-0.05, 0) is 0 Å². The Labute approximate surface area is 65.3 Å². The van der Waals surface area contributed by atoms with Crippen LogP contribution in [0.1, 0.15) is 13.8 Å². The van der Waals surface area contributed by atoms with Crippen LogP contribution in [-0.4, -0.2) is 0 Å². The second-order valence-electron chi connectivity index (χ2n) is 0.943. The minimum absolute atomic E-state index is 1.64. The lowest BCUT2D eigenvalue weighted by Crippen LogP contribution is -1.21. The van der Waals surface area contributed by atoms with E-state index in [2.05, 4.69) is 26.3 Å². The van der Waals surface area contributed by atoms with Gasteiger partial charge in [0.1, 0.15) is 0 Å². The molecule has 0 aliphatic heterocycles. The third-order valence-electron chi connectivity index (χ3n) is 0.333. The predicted molar refractivity (Wildman–Crippen MR) is 52.1 cm³/mol. The van der Waals surface area contributed by atoms with Crippen LogP contribution in [0.3, 0.4) is 0 Å². The van der Waals surface area contributed by atoms with Gasteiger partial charge in [-0.2, -0.15) is 0 Å². The van der Waals surface area contributed by atoms with Crippen molar-refractivity contribution in [3.05, 3.63) is 50.6 Å². The Hall–Kier alpha value is -1.04. The molecule has 0 amide bonds. The molecule has 10 heavy (non-hydrogen) atoms. The highest BCUT2D eigenvalue weighted by molar-refractivity contribution is 4.88. The zero-order valence-corrected chi connectivity index (χ0v) is 7.14. The lowest BCUT2D eigenvalue weighted by molar-refractivity contribution is 1.50. The first-order valence-corrected chi connectivity index (χ1v) is 3.30. The summed E-state index contributed by atoms with van der Waals surface area (Å²) in [6.07, 6.45) is 6.56. The third-order valence-corrected chi connectivity index (χ3v) is 0.333. The number of rotatable bonds is 2.